The molecule has 0 amide bonds. The molecule has 128 valence electrons. The maximum absolute atomic E-state index is 12.3. The molecule has 1 aliphatic heterocycles. The third kappa shape index (κ3) is 3.19. The van der Waals surface area contributed by atoms with Crippen LogP contribution in [0.2, 0.25) is 0 Å². The molecule has 1 aliphatic carbocycles. The Morgan fingerprint density at radius 2 is 2.29 bits per heavy atom. The molecule has 1 saturated carbocycles. The van der Waals surface area contributed by atoms with Crippen molar-refractivity contribution < 1.29 is 9.47 Å². The van der Waals surface area contributed by atoms with E-state index in [9.17, 15) is 4.79 Å². The average Bonchev–Trinajstić information content (AvgIpc) is 3.18. The standard InChI is InChI=1S/C15H19N5O3S/c1-22-8-13-17-15(24-19-13)16-11-6-23-7-12(11)20-14(21)5-4-10(18-20)9-2-3-9/h4-5,9,11-12H,2-3,6-8H2,1H3,(H,16,17,19). The van der Waals surface area contributed by atoms with Crippen LogP contribution in [0.5, 0.6) is 0 Å². The van der Waals surface area contributed by atoms with Crippen molar-refractivity contribution in [2.24, 2.45) is 0 Å². The molecule has 3 heterocycles. The summed E-state index contributed by atoms with van der Waals surface area (Å²) in [6, 6.07) is 3.24. The molecule has 0 aromatic carbocycles. The van der Waals surface area contributed by atoms with Crippen LogP contribution in [0.3, 0.4) is 0 Å². The monoisotopic (exact) mass is 349 g/mol. The van der Waals surface area contributed by atoms with Crippen molar-refractivity contribution in [3.05, 3.63) is 34.0 Å². The molecule has 2 atom stereocenters. The predicted molar refractivity (Wildman–Crippen MR) is 88.4 cm³/mol. The van der Waals surface area contributed by atoms with Crippen LogP contribution in [0.15, 0.2) is 16.9 Å². The van der Waals surface area contributed by atoms with Crippen molar-refractivity contribution >= 4 is 16.7 Å². The van der Waals surface area contributed by atoms with Crippen molar-refractivity contribution in [2.75, 3.05) is 25.6 Å². The van der Waals surface area contributed by atoms with E-state index in [4.69, 9.17) is 9.47 Å². The van der Waals surface area contributed by atoms with E-state index in [1.807, 2.05) is 6.07 Å². The van der Waals surface area contributed by atoms with Gasteiger partial charge in [-0.05, 0) is 18.9 Å². The Hall–Kier alpha value is -1.84. The fourth-order valence-corrected chi connectivity index (χ4v) is 3.49. The minimum absolute atomic E-state index is 0.0620. The third-order valence-corrected chi connectivity index (χ3v) is 4.94. The zero-order chi connectivity index (χ0) is 16.5. The molecule has 2 unspecified atom stereocenters. The van der Waals surface area contributed by atoms with Crippen molar-refractivity contribution in [2.45, 2.75) is 37.5 Å². The number of aromatic nitrogens is 4. The zero-order valence-corrected chi connectivity index (χ0v) is 14.2. The van der Waals surface area contributed by atoms with E-state index in [-0.39, 0.29) is 17.6 Å². The zero-order valence-electron chi connectivity index (χ0n) is 13.3. The minimum Gasteiger partial charge on any atom is -0.377 e. The van der Waals surface area contributed by atoms with Gasteiger partial charge in [-0.25, -0.2) is 9.67 Å². The van der Waals surface area contributed by atoms with Crippen LogP contribution in [0, 0.1) is 0 Å². The van der Waals surface area contributed by atoms with Crippen molar-refractivity contribution in [3.8, 4) is 0 Å². The second kappa shape index (κ2) is 6.58. The van der Waals surface area contributed by atoms with Gasteiger partial charge in [-0.1, -0.05) is 0 Å². The second-order valence-corrected chi connectivity index (χ2v) is 6.87. The highest BCUT2D eigenvalue weighted by Gasteiger charge is 2.33. The van der Waals surface area contributed by atoms with Crippen LogP contribution in [0.4, 0.5) is 5.13 Å². The highest BCUT2D eigenvalue weighted by atomic mass is 32.1. The lowest BCUT2D eigenvalue weighted by Gasteiger charge is -2.20. The molecule has 0 radical (unpaired) electrons. The summed E-state index contributed by atoms with van der Waals surface area (Å²) in [5.41, 5.74) is 0.901. The Morgan fingerprint density at radius 1 is 1.42 bits per heavy atom. The van der Waals surface area contributed by atoms with Crippen LogP contribution < -0.4 is 10.9 Å². The first-order chi connectivity index (χ1) is 11.7. The average molecular weight is 349 g/mol. The van der Waals surface area contributed by atoms with Crippen molar-refractivity contribution in [1.82, 2.24) is 19.1 Å². The molecule has 1 saturated heterocycles. The molecule has 24 heavy (non-hydrogen) atoms. The molecule has 2 aliphatic rings. The first-order valence-corrected chi connectivity index (χ1v) is 8.77. The van der Waals surface area contributed by atoms with E-state index in [1.165, 1.54) is 11.5 Å². The van der Waals surface area contributed by atoms with E-state index < -0.39 is 0 Å². The normalized spacial score (nSPS) is 23.5. The number of nitrogens with zero attached hydrogens (tertiary/aromatic N) is 4. The van der Waals surface area contributed by atoms with Gasteiger partial charge in [-0.2, -0.15) is 9.47 Å². The van der Waals surface area contributed by atoms with E-state index in [2.05, 4.69) is 19.8 Å². The number of anilines is 1. The van der Waals surface area contributed by atoms with Crippen LogP contribution in [0.25, 0.3) is 0 Å². The van der Waals surface area contributed by atoms with E-state index in [0.717, 1.165) is 18.5 Å². The Labute approximate surface area is 143 Å². The quantitative estimate of drug-likeness (QED) is 0.837. The lowest BCUT2D eigenvalue weighted by molar-refractivity contribution is 0.179. The number of hydrogen-bond acceptors (Lipinski definition) is 8. The second-order valence-electron chi connectivity index (χ2n) is 6.12. The molecule has 1 N–H and O–H groups in total. The summed E-state index contributed by atoms with van der Waals surface area (Å²) in [5.74, 6) is 1.15. The molecule has 8 nitrogen and oxygen atoms in total. The largest absolute Gasteiger partial charge is 0.377 e. The number of nitrogens with one attached hydrogen (secondary N) is 1. The maximum atomic E-state index is 12.3. The fraction of sp³-hybridized carbons (Fsp3) is 0.600. The van der Waals surface area contributed by atoms with Crippen LogP contribution >= 0.6 is 11.5 Å². The van der Waals surface area contributed by atoms with Gasteiger partial charge in [0.1, 0.15) is 12.6 Å². The van der Waals surface area contributed by atoms with Gasteiger partial charge < -0.3 is 14.8 Å². The van der Waals surface area contributed by atoms with Gasteiger partial charge in [0.15, 0.2) is 5.82 Å². The summed E-state index contributed by atoms with van der Waals surface area (Å²) in [5, 5.41) is 8.60. The molecular formula is C15H19N5O3S. The number of rotatable bonds is 6. The van der Waals surface area contributed by atoms with Gasteiger partial charge in [-0.15, -0.1) is 0 Å². The minimum atomic E-state index is -0.147. The summed E-state index contributed by atoms with van der Waals surface area (Å²) in [4.78, 5) is 16.6. The van der Waals surface area contributed by atoms with Crippen LogP contribution in [0.1, 0.15) is 36.3 Å². The lowest BCUT2D eigenvalue weighted by Crippen LogP contribution is -2.37. The maximum Gasteiger partial charge on any atom is 0.267 e. The Balaban J connectivity index is 1.54. The fourth-order valence-electron chi connectivity index (χ4n) is 2.86. The SMILES string of the molecule is COCc1nsc(NC2COCC2n2nc(C3CC3)ccc2=O)n1. The van der Waals surface area contributed by atoms with Gasteiger partial charge in [0.05, 0.1) is 24.9 Å². The van der Waals surface area contributed by atoms with Gasteiger partial charge in [0.25, 0.3) is 5.56 Å². The van der Waals surface area contributed by atoms with Crippen LogP contribution in [-0.4, -0.2) is 45.5 Å². The Morgan fingerprint density at radius 3 is 3.08 bits per heavy atom. The third-order valence-electron chi connectivity index (χ3n) is 4.26. The van der Waals surface area contributed by atoms with Gasteiger partial charge in [0.2, 0.25) is 5.13 Å². The van der Waals surface area contributed by atoms with Gasteiger partial charge in [-0.3, -0.25) is 4.79 Å². The molecule has 0 spiro atoms. The van der Waals surface area contributed by atoms with E-state index in [1.54, 1.807) is 17.9 Å². The van der Waals surface area contributed by atoms with Crippen molar-refractivity contribution in [1.29, 1.82) is 0 Å². The molecule has 2 fully saturated rings. The highest BCUT2D eigenvalue weighted by Crippen LogP contribution is 2.38. The Kier molecular flexibility index (Phi) is 4.30. The lowest BCUT2D eigenvalue weighted by atomic mass is 10.2. The number of ether oxygens (including phenoxy) is 2. The molecule has 4 rings (SSSR count). The summed E-state index contributed by atoms with van der Waals surface area (Å²) in [6.07, 6.45) is 2.31. The van der Waals surface area contributed by atoms with E-state index >= 15 is 0 Å². The topological polar surface area (TPSA) is 91.2 Å². The predicted octanol–water partition coefficient (Wildman–Crippen LogP) is 1.17. The summed E-state index contributed by atoms with van der Waals surface area (Å²) in [7, 11) is 1.61. The Bertz CT molecular complexity index is 772. The van der Waals surface area contributed by atoms with Crippen LogP contribution in [-0.2, 0) is 16.1 Å². The molecule has 0 bridgehead atoms. The summed E-state index contributed by atoms with van der Waals surface area (Å²) >= 11 is 1.28. The molecule has 2 aromatic heterocycles. The number of hydrogen-bond donors (Lipinski definition) is 1. The van der Waals surface area contributed by atoms with E-state index in [0.29, 0.717) is 36.7 Å². The first-order valence-electron chi connectivity index (χ1n) is 8.00. The molecule has 9 heteroatoms. The van der Waals surface area contributed by atoms with Crippen molar-refractivity contribution in [3.63, 3.8) is 0 Å². The smallest absolute Gasteiger partial charge is 0.267 e. The first kappa shape index (κ1) is 15.7. The summed E-state index contributed by atoms with van der Waals surface area (Å²) < 4.78 is 16.4. The molecule has 2 aromatic rings. The highest BCUT2D eigenvalue weighted by molar-refractivity contribution is 7.09. The summed E-state index contributed by atoms with van der Waals surface area (Å²) in [6.45, 7) is 1.35. The number of methoxy groups -OCH3 is 1. The van der Waals surface area contributed by atoms with Gasteiger partial charge >= 0.3 is 0 Å². The molecular weight excluding hydrogens is 330 g/mol. The van der Waals surface area contributed by atoms with Gasteiger partial charge in [0, 0.05) is 30.6 Å².